The van der Waals surface area contributed by atoms with Crippen molar-refractivity contribution < 1.29 is 18.0 Å². The summed E-state index contributed by atoms with van der Waals surface area (Å²) in [5, 5.41) is 3.85. The average Bonchev–Trinajstić information content (AvgIpc) is 3.01. The summed E-state index contributed by atoms with van der Waals surface area (Å²) >= 11 is 12.3. The van der Waals surface area contributed by atoms with Gasteiger partial charge in [-0.1, -0.05) is 97.2 Å². The van der Waals surface area contributed by atoms with Gasteiger partial charge in [-0.15, -0.1) is 0 Å². The molecule has 0 saturated heterocycles. The van der Waals surface area contributed by atoms with Crippen molar-refractivity contribution in [2.75, 3.05) is 17.4 Å². The zero-order valence-corrected chi connectivity index (χ0v) is 27.8. The minimum absolute atomic E-state index is 0.0165. The van der Waals surface area contributed by atoms with Crippen LogP contribution in [0.15, 0.2) is 108 Å². The summed E-state index contributed by atoms with van der Waals surface area (Å²) in [7, 11) is -4.21. The monoisotopic (exact) mass is 665 g/mol. The third-order valence-electron chi connectivity index (χ3n) is 7.20. The van der Waals surface area contributed by atoms with E-state index in [1.54, 1.807) is 42.5 Å². The van der Waals surface area contributed by atoms with Crippen LogP contribution in [0.5, 0.6) is 0 Å². The molecule has 1 atom stereocenters. The number of hydrogen-bond acceptors (Lipinski definition) is 4. The molecule has 0 aliphatic rings. The van der Waals surface area contributed by atoms with Crippen LogP contribution in [0.4, 0.5) is 5.69 Å². The van der Waals surface area contributed by atoms with Crippen LogP contribution in [0, 0.1) is 12.8 Å². The van der Waals surface area contributed by atoms with Crippen LogP contribution in [-0.4, -0.2) is 44.3 Å². The predicted molar refractivity (Wildman–Crippen MR) is 181 cm³/mol. The molecule has 4 aromatic rings. The first-order chi connectivity index (χ1) is 21.4. The van der Waals surface area contributed by atoms with Gasteiger partial charge in [-0.2, -0.15) is 0 Å². The number of hydrogen-bond donors (Lipinski definition) is 1. The Kier molecular flexibility index (Phi) is 11.7. The first-order valence-corrected chi connectivity index (χ1v) is 16.8. The standard InChI is InChI=1S/C35H37Cl2N3O4S/c1-25(2)22-38-35(42)33(21-27-8-5-4-6-9-27)39(23-28-10-7-11-30(37)20-28)34(41)24-40(31-16-12-26(3)13-17-31)45(43,44)32-18-14-29(36)15-19-32/h4-20,25,33H,21-24H2,1-3H3,(H,38,42)/t33-/m0/s1. The molecular weight excluding hydrogens is 629 g/mol. The van der Waals surface area contributed by atoms with Crippen LogP contribution in [-0.2, 0) is 32.6 Å². The maximum atomic E-state index is 14.5. The van der Waals surface area contributed by atoms with Gasteiger partial charge >= 0.3 is 0 Å². The molecule has 0 saturated carbocycles. The fraction of sp³-hybridized carbons (Fsp3) is 0.257. The fourth-order valence-electron chi connectivity index (χ4n) is 4.78. The molecule has 7 nitrogen and oxygen atoms in total. The Bertz CT molecular complexity index is 1700. The maximum Gasteiger partial charge on any atom is 0.264 e. The number of amides is 2. The molecule has 0 aliphatic heterocycles. The normalized spacial score (nSPS) is 12.0. The van der Waals surface area contributed by atoms with E-state index in [0.717, 1.165) is 15.4 Å². The van der Waals surface area contributed by atoms with Crippen LogP contribution in [0.3, 0.4) is 0 Å². The van der Waals surface area contributed by atoms with Gasteiger partial charge in [0.1, 0.15) is 12.6 Å². The summed E-state index contributed by atoms with van der Waals surface area (Å²) in [5.41, 5.74) is 2.81. The molecule has 10 heteroatoms. The van der Waals surface area contributed by atoms with E-state index in [1.807, 2.05) is 57.2 Å². The number of halogens is 2. The van der Waals surface area contributed by atoms with Gasteiger partial charge in [-0.3, -0.25) is 13.9 Å². The summed E-state index contributed by atoms with van der Waals surface area (Å²) in [6, 6.07) is 28.2. The van der Waals surface area contributed by atoms with Gasteiger partial charge in [0.25, 0.3) is 10.0 Å². The number of aryl methyl sites for hydroxylation is 1. The summed E-state index contributed by atoms with van der Waals surface area (Å²) in [6.07, 6.45) is 0.228. The number of carbonyl (C=O) groups is 2. The lowest BCUT2D eigenvalue weighted by molar-refractivity contribution is -0.140. The average molecular weight is 667 g/mol. The van der Waals surface area contributed by atoms with Crippen LogP contribution >= 0.6 is 23.2 Å². The molecule has 4 aromatic carbocycles. The van der Waals surface area contributed by atoms with Crippen molar-refractivity contribution in [2.24, 2.45) is 5.92 Å². The minimum Gasteiger partial charge on any atom is -0.354 e. The maximum absolute atomic E-state index is 14.5. The number of benzene rings is 4. The van der Waals surface area contributed by atoms with E-state index in [0.29, 0.717) is 27.8 Å². The number of nitrogens with one attached hydrogen (secondary N) is 1. The van der Waals surface area contributed by atoms with Gasteiger partial charge in [0.15, 0.2) is 0 Å². The molecule has 0 unspecified atom stereocenters. The second kappa shape index (κ2) is 15.4. The van der Waals surface area contributed by atoms with Crippen molar-refractivity contribution in [3.05, 3.63) is 130 Å². The van der Waals surface area contributed by atoms with E-state index in [4.69, 9.17) is 23.2 Å². The third-order valence-corrected chi connectivity index (χ3v) is 9.48. The lowest BCUT2D eigenvalue weighted by Crippen LogP contribution is -2.53. The van der Waals surface area contributed by atoms with Gasteiger partial charge in [0.05, 0.1) is 10.6 Å². The minimum atomic E-state index is -4.21. The number of carbonyl (C=O) groups excluding carboxylic acids is 2. The smallest absolute Gasteiger partial charge is 0.264 e. The molecule has 0 bridgehead atoms. The van der Waals surface area contributed by atoms with Crippen molar-refractivity contribution in [1.82, 2.24) is 10.2 Å². The number of nitrogens with zero attached hydrogens (tertiary/aromatic N) is 2. The van der Waals surface area contributed by atoms with Crippen molar-refractivity contribution >= 4 is 50.7 Å². The molecule has 2 amide bonds. The lowest BCUT2D eigenvalue weighted by Gasteiger charge is -2.34. The topological polar surface area (TPSA) is 86.8 Å². The Balaban J connectivity index is 1.79. The number of rotatable bonds is 13. The van der Waals surface area contributed by atoms with Gasteiger partial charge in [-0.05, 0) is 72.5 Å². The molecule has 0 aromatic heterocycles. The lowest BCUT2D eigenvalue weighted by atomic mass is 10.0. The number of sulfonamides is 1. The van der Waals surface area contributed by atoms with Gasteiger partial charge in [0.2, 0.25) is 11.8 Å². The highest BCUT2D eigenvalue weighted by Crippen LogP contribution is 2.26. The molecule has 0 heterocycles. The zero-order chi connectivity index (χ0) is 32.6. The molecule has 236 valence electrons. The van der Waals surface area contributed by atoms with E-state index >= 15 is 0 Å². The molecule has 45 heavy (non-hydrogen) atoms. The first kappa shape index (κ1) is 34.0. The largest absolute Gasteiger partial charge is 0.354 e. The summed E-state index contributed by atoms with van der Waals surface area (Å²) < 4.78 is 29.2. The molecule has 0 spiro atoms. The summed E-state index contributed by atoms with van der Waals surface area (Å²) in [6.45, 7) is 5.78. The van der Waals surface area contributed by atoms with Gasteiger partial charge < -0.3 is 10.2 Å². The van der Waals surface area contributed by atoms with Crippen LogP contribution < -0.4 is 9.62 Å². The Morgan fingerprint density at radius 3 is 2.07 bits per heavy atom. The van der Waals surface area contributed by atoms with Gasteiger partial charge in [-0.25, -0.2) is 8.42 Å². The SMILES string of the molecule is Cc1ccc(N(CC(=O)N(Cc2cccc(Cl)c2)[C@@H](Cc2ccccc2)C(=O)NCC(C)C)S(=O)(=O)c2ccc(Cl)cc2)cc1. The van der Waals surface area contributed by atoms with Crippen LogP contribution in [0.25, 0.3) is 0 Å². The molecule has 1 N–H and O–H groups in total. The molecule has 0 aliphatic carbocycles. The van der Waals surface area contributed by atoms with Crippen molar-refractivity contribution in [2.45, 2.75) is 44.7 Å². The van der Waals surface area contributed by atoms with E-state index < -0.39 is 28.5 Å². The van der Waals surface area contributed by atoms with E-state index in [2.05, 4.69) is 5.32 Å². The fourth-order valence-corrected chi connectivity index (χ4v) is 6.54. The molecule has 0 fully saturated rings. The van der Waals surface area contributed by atoms with Crippen molar-refractivity contribution in [1.29, 1.82) is 0 Å². The van der Waals surface area contributed by atoms with E-state index in [1.165, 1.54) is 29.2 Å². The Labute approximate surface area is 275 Å². The van der Waals surface area contributed by atoms with Crippen LogP contribution in [0.2, 0.25) is 10.0 Å². The zero-order valence-electron chi connectivity index (χ0n) is 25.5. The predicted octanol–water partition coefficient (Wildman–Crippen LogP) is 6.91. The summed E-state index contributed by atoms with van der Waals surface area (Å²) in [4.78, 5) is 29.7. The quantitative estimate of drug-likeness (QED) is 0.168. The first-order valence-electron chi connectivity index (χ1n) is 14.6. The molecule has 0 radical (unpaired) electrons. The third kappa shape index (κ3) is 9.33. The van der Waals surface area contributed by atoms with Crippen molar-refractivity contribution in [3.63, 3.8) is 0 Å². The second-order valence-electron chi connectivity index (χ2n) is 11.3. The summed E-state index contributed by atoms with van der Waals surface area (Å²) in [5.74, 6) is -0.691. The Hall–Kier alpha value is -3.85. The molecule has 4 rings (SSSR count). The van der Waals surface area contributed by atoms with Crippen molar-refractivity contribution in [3.8, 4) is 0 Å². The number of anilines is 1. The Morgan fingerprint density at radius 2 is 1.44 bits per heavy atom. The van der Waals surface area contributed by atoms with E-state index in [-0.39, 0.29) is 29.7 Å². The van der Waals surface area contributed by atoms with Crippen LogP contribution in [0.1, 0.15) is 30.5 Å². The highest BCUT2D eigenvalue weighted by atomic mass is 35.5. The highest BCUT2D eigenvalue weighted by Gasteiger charge is 2.34. The highest BCUT2D eigenvalue weighted by molar-refractivity contribution is 7.92. The van der Waals surface area contributed by atoms with E-state index in [9.17, 15) is 18.0 Å². The van der Waals surface area contributed by atoms with Gasteiger partial charge in [0, 0.05) is 29.6 Å². The Morgan fingerprint density at radius 1 is 0.800 bits per heavy atom. The second-order valence-corrected chi connectivity index (χ2v) is 14.0. The molecular formula is C35H37Cl2N3O4S.